The number of nitriles is 1. The molecule has 1 heterocycles. The van der Waals surface area contributed by atoms with E-state index in [1.807, 2.05) is 12.1 Å². The Morgan fingerprint density at radius 2 is 2.10 bits per heavy atom. The second kappa shape index (κ2) is 6.87. The van der Waals surface area contributed by atoms with Crippen molar-refractivity contribution < 1.29 is 0 Å². The topological polar surface area (TPSA) is 73.6 Å². The molecule has 0 aliphatic carbocycles. The summed E-state index contributed by atoms with van der Waals surface area (Å²) < 4.78 is 0.774. The maximum atomic E-state index is 8.90. The first kappa shape index (κ1) is 14.3. The van der Waals surface area contributed by atoms with Gasteiger partial charge in [0.05, 0.1) is 11.6 Å². The van der Waals surface area contributed by atoms with Crippen molar-refractivity contribution in [3.8, 4) is 6.07 Å². The fraction of sp³-hybridized carbons (Fsp3) is 0.214. The predicted octanol–water partition coefficient (Wildman–Crippen LogP) is 3.68. The van der Waals surface area contributed by atoms with E-state index < -0.39 is 0 Å². The molecule has 5 nitrogen and oxygen atoms in total. The van der Waals surface area contributed by atoms with Gasteiger partial charge in [0.25, 0.3) is 0 Å². The number of hydrogen-bond donors (Lipinski definition) is 2. The first-order valence-corrected chi connectivity index (χ1v) is 7.05. The Balaban J connectivity index is 2.22. The van der Waals surface area contributed by atoms with E-state index in [2.05, 4.69) is 49.5 Å². The summed E-state index contributed by atoms with van der Waals surface area (Å²) in [4.78, 5) is 8.40. The highest BCUT2D eigenvalue weighted by molar-refractivity contribution is 9.10. The van der Waals surface area contributed by atoms with E-state index in [0.29, 0.717) is 11.4 Å². The van der Waals surface area contributed by atoms with Crippen molar-refractivity contribution in [2.75, 3.05) is 17.2 Å². The minimum absolute atomic E-state index is 0.601. The Kier molecular flexibility index (Phi) is 4.91. The van der Waals surface area contributed by atoms with Gasteiger partial charge in [0.2, 0.25) is 0 Å². The minimum atomic E-state index is 0.601. The summed E-state index contributed by atoms with van der Waals surface area (Å²) in [5.74, 6) is 1.41. The van der Waals surface area contributed by atoms with Crippen LogP contribution in [0.25, 0.3) is 0 Å². The average Bonchev–Trinajstić information content (AvgIpc) is 2.48. The molecule has 20 heavy (non-hydrogen) atoms. The van der Waals surface area contributed by atoms with Crippen molar-refractivity contribution in [2.24, 2.45) is 0 Å². The molecule has 102 valence electrons. The zero-order valence-corrected chi connectivity index (χ0v) is 12.6. The molecule has 0 bridgehead atoms. The third-order valence-electron chi connectivity index (χ3n) is 2.59. The number of hydrogen-bond acceptors (Lipinski definition) is 5. The van der Waals surface area contributed by atoms with Gasteiger partial charge < -0.3 is 10.6 Å². The standard InChI is InChI=1S/C14H14BrN5/c1-2-6-17-13-12(15)14(19-9-18-13)20-11-5-3-4-10(7-11)8-16/h3-5,7,9H,2,6H2,1H3,(H2,17,18,19,20). The van der Waals surface area contributed by atoms with Gasteiger partial charge in [-0.2, -0.15) is 5.26 Å². The molecule has 0 spiro atoms. The number of nitrogens with zero attached hydrogens (tertiary/aromatic N) is 3. The lowest BCUT2D eigenvalue weighted by Gasteiger charge is -2.11. The number of halogens is 1. The second-order valence-electron chi connectivity index (χ2n) is 4.13. The van der Waals surface area contributed by atoms with Gasteiger partial charge in [-0.05, 0) is 40.5 Å². The molecule has 0 amide bonds. The summed E-state index contributed by atoms with van der Waals surface area (Å²) in [7, 11) is 0. The Morgan fingerprint density at radius 1 is 1.30 bits per heavy atom. The zero-order chi connectivity index (χ0) is 14.4. The Hall–Kier alpha value is -2.13. The van der Waals surface area contributed by atoms with Crippen LogP contribution in [0, 0.1) is 11.3 Å². The van der Waals surface area contributed by atoms with Crippen molar-refractivity contribution in [2.45, 2.75) is 13.3 Å². The molecule has 1 aromatic heterocycles. The maximum absolute atomic E-state index is 8.90. The van der Waals surface area contributed by atoms with E-state index in [1.165, 1.54) is 6.33 Å². The number of aromatic nitrogens is 2. The fourth-order valence-corrected chi connectivity index (χ4v) is 2.07. The van der Waals surface area contributed by atoms with Crippen LogP contribution in [0.15, 0.2) is 35.1 Å². The first-order chi connectivity index (χ1) is 9.74. The molecular weight excluding hydrogens is 318 g/mol. The third-order valence-corrected chi connectivity index (χ3v) is 3.34. The van der Waals surface area contributed by atoms with Crippen LogP contribution in [0.4, 0.5) is 17.3 Å². The van der Waals surface area contributed by atoms with Crippen LogP contribution in [-0.4, -0.2) is 16.5 Å². The lowest BCUT2D eigenvalue weighted by molar-refractivity contribution is 0.962. The van der Waals surface area contributed by atoms with E-state index in [4.69, 9.17) is 5.26 Å². The normalized spacial score (nSPS) is 9.85. The van der Waals surface area contributed by atoms with E-state index in [1.54, 1.807) is 12.1 Å². The SMILES string of the molecule is CCCNc1ncnc(Nc2cccc(C#N)c2)c1Br. The van der Waals surface area contributed by atoms with Crippen LogP contribution in [0.5, 0.6) is 0 Å². The van der Waals surface area contributed by atoms with E-state index in [9.17, 15) is 0 Å². The second-order valence-corrected chi connectivity index (χ2v) is 4.92. The predicted molar refractivity (Wildman–Crippen MR) is 83.0 cm³/mol. The average molecular weight is 332 g/mol. The molecule has 0 aliphatic heterocycles. The van der Waals surface area contributed by atoms with Crippen molar-refractivity contribution in [3.63, 3.8) is 0 Å². The highest BCUT2D eigenvalue weighted by atomic mass is 79.9. The smallest absolute Gasteiger partial charge is 0.150 e. The van der Waals surface area contributed by atoms with Crippen molar-refractivity contribution in [3.05, 3.63) is 40.6 Å². The van der Waals surface area contributed by atoms with Gasteiger partial charge in [0.1, 0.15) is 22.4 Å². The Morgan fingerprint density at radius 3 is 2.85 bits per heavy atom. The molecule has 0 atom stereocenters. The molecule has 0 saturated carbocycles. The molecule has 2 rings (SSSR count). The van der Waals surface area contributed by atoms with Gasteiger partial charge in [-0.15, -0.1) is 0 Å². The number of benzene rings is 1. The summed E-state index contributed by atoms with van der Waals surface area (Å²) in [6, 6.07) is 9.35. The van der Waals surface area contributed by atoms with Crippen molar-refractivity contribution >= 4 is 33.3 Å². The quantitative estimate of drug-likeness (QED) is 0.874. The van der Waals surface area contributed by atoms with Crippen LogP contribution in [0.3, 0.4) is 0 Å². The van der Waals surface area contributed by atoms with Gasteiger partial charge in [-0.1, -0.05) is 13.0 Å². The van der Waals surface area contributed by atoms with Crippen LogP contribution >= 0.6 is 15.9 Å². The number of anilines is 3. The molecule has 0 aliphatic rings. The molecular formula is C14H14BrN5. The van der Waals surface area contributed by atoms with Crippen molar-refractivity contribution in [1.29, 1.82) is 5.26 Å². The van der Waals surface area contributed by atoms with Crippen molar-refractivity contribution in [1.82, 2.24) is 9.97 Å². The van der Waals surface area contributed by atoms with Gasteiger partial charge in [-0.25, -0.2) is 9.97 Å². The summed E-state index contributed by atoms with van der Waals surface area (Å²) in [6.45, 7) is 2.94. The summed E-state index contributed by atoms with van der Waals surface area (Å²) in [5, 5.41) is 15.3. The first-order valence-electron chi connectivity index (χ1n) is 6.26. The summed E-state index contributed by atoms with van der Waals surface area (Å²) in [5.41, 5.74) is 1.41. The summed E-state index contributed by atoms with van der Waals surface area (Å²) >= 11 is 3.49. The van der Waals surface area contributed by atoms with E-state index in [-0.39, 0.29) is 0 Å². The van der Waals surface area contributed by atoms with Crippen LogP contribution in [0.1, 0.15) is 18.9 Å². The monoisotopic (exact) mass is 331 g/mol. The van der Waals surface area contributed by atoms with Gasteiger partial charge in [0, 0.05) is 12.2 Å². The molecule has 2 N–H and O–H groups in total. The minimum Gasteiger partial charge on any atom is -0.369 e. The lowest BCUT2D eigenvalue weighted by Crippen LogP contribution is -2.05. The van der Waals surface area contributed by atoms with Gasteiger partial charge >= 0.3 is 0 Å². The lowest BCUT2D eigenvalue weighted by atomic mass is 10.2. The molecule has 0 fully saturated rings. The molecule has 0 unspecified atom stereocenters. The van der Waals surface area contributed by atoms with E-state index >= 15 is 0 Å². The van der Waals surface area contributed by atoms with Crippen LogP contribution in [0.2, 0.25) is 0 Å². The molecule has 1 aromatic carbocycles. The Labute approximate surface area is 126 Å². The van der Waals surface area contributed by atoms with Gasteiger partial charge in [-0.3, -0.25) is 0 Å². The summed E-state index contributed by atoms with van der Waals surface area (Å²) in [6.07, 6.45) is 2.52. The van der Waals surface area contributed by atoms with Crippen LogP contribution < -0.4 is 10.6 Å². The Bertz CT molecular complexity index is 636. The fourth-order valence-electron chi connectivity index (χ4n) is 1.63. The zero-order valence-electron chi connectivity index (χ0n) is 11.0. The molecule has 0 radical (unpaired) electrons. The molecule has 0 saturated heterocycles. The maximum Gasteiger partial charge on any atom is 0.150 e. The third kappa shape index (κ3) is 3.45. The number of rotatable bonds is 5. The number of nitrogens with one attached hydrogen (secondary N) is 2. The van der Waals surface area contributed by atoms with Crippen LogP contribution in [-0.2, 0) is 0 Å². The largest absolute Gasteiger partial charge is 0.369 e. The highest BCUT2D eigenvalue weighted by Gasteiger charge is 2.08. The molecule has 2 aromatic rings. The van der Waals surface area contributed by atoms with E-state index in [0.717, 1.165) is 28.9 Å². The molecule has 6 heteroatoms. The highest BCUT2D eigenvalue weighted by Crippen LogP contribution is 2.29. The van der Waals surface area contributed by atoms with Gasteiger partial charge in [0.15, 0.2) is 0 Å².